The molecule has 1 fully saturated rings. The van der Waals surface area contributed by atoms with Crippen LogP contribution in [-0.2, 0) is 6.54 Å². The number of hydrogen-bond donors (Lipinski definition) is 1. The Morgan fingerprint density at radius 3 is 2.71 bits per heavy atom. The van der Waals surface area contributed by atoms with Crippen LogP contribution in [0, 0.1) is 0 Å². The summed E-state index contributed by atoms with van der Waals surface area (Å²) in [4.78, 5) is 13.3. The second-order valence-corrected chi connectivity index (χ2v) is 5.38. The molecule has 1 aromatic carbocycles. The highest BCUT2D eigenvalue weighted by Crippen LogP contribution is 2.26. The van der Waals surface area contributed by atoms with E-state index < -0.39 is 5.97 Å². The van der Waals surface area contributed by atoms with Gasteiger partial charge in [0.2, 0.25) is 0 Å². The molecule has 0 atom stereocenters. The molecule has 21 heavy (non-hydrogen) atoms. The maximum absolute atomic E-state index is 10.9. The zero-order chi connectivity index (χ0) is 14.7. The van der Waals surface area contributed by atoms with Crippen molar-refractivity contribution in [1.82, 2.24) is 10.1 Å². The highest BCUT2D eigenvalue weighted by atomic mass is 16.5. The third-order valence-corrected chi connectivity index (χ3v) is 3.85. The van der Waals surface area contributed by atoms with E-state index in [1.54, 1.807) is 0 Å². The molecule has 0 bridgehead atoms. The first-order valence-corrected chi connectivity index (χ1v) is 7.24. The van der Waals surface area contributed by atoms with E-state index in [1.165, 1.54) is 25.3 Å². The molecule has 0 aliphatic carbocycles. The molecule has 0 unspecified atom stereocenters. The first-order chi connectivity index (χ1) is 10.2. The van der Waals surface area contributed by atoms with Gasteiger partial charge in [0, 0.05) is 18.2 Å². The topological polar surface area (TPSA) is 66.6 Å². The van der Waals surface area contributed by atoms with E-state index in [-0.39, 0.29) is 5.69 Å². The fraction of sp³-hybridized carbons (Fsp3) is 0.375. The lowest BCUT2D eigenvalue weighted by Crippen LogP contribution is -2.29. The number of benzene rings is 1. The van der Waals surface area contributed by atoms with Gasteiger partial charge in [-0.3, -0.25) is 4.90 Å². The van der Waals surface area contributed by atoms with Crippen molar-refractivity contribution >= 4 is 5.97 Å². The van der Waals surface area contributed by atoms with Crippen LogP contribution in [-0.4, -0.2) is 34.2 Å². The van der Waals surface area contributed by atoms with E-state index in [0.29, 0.717) is 5.76 Å². The van der Waals surface area contributed by atoms with E-state index in [2.05, 4.69) is 16.1 Å². The maximum Gasteiger partial charge on any atom is 0.358 e. The molecule has 0 spiro atoms. The molecule has 0 radical (unpaired) electrons. The van der Waals surface area contributed by atoms with Crippen molar-refractivity contribution < 1.29 is 14.4 Å². The molecule has 1 aromatic heterocycles. The van der Waals surface area contributed by atoms with Crippen LogP contribution in [0.4, 0.5) is 0 Å². The molecule has 1 saturated heterocycles. The van der Waals surface area contributed by atoms with E-state index >= 15 is 0 Å². The molecule has 3 rings (SSSR count). The summed E-state index contributed by atoms with van der Waals surface area (Å²) in [7, 11) is 0. The summed E-state index contributed by atoms with van der Waals surface area (Å²) in [5, 5.41) is 12.5. The largest absolute Gasteiger partial charge is 0.476 e. The number of carboxylic acids is 1. The summed E-state index contributed by atoms with van der Waals surface area (Å²) in [5.41, 5.74) is 2.01. The predicted octanol–water partition coefficient (Wildman–Crippen LogP) is 3.03. The van der Waals surface area contributed by atoms with E-state index in [0.717, 1.165) is 30.8 Å². The third-order valence-electron chi connectivity index (χ3n) is 3.85. The molecular formula is C16H18N2O3. The minimum atomic E-state index is -1.07. The molecule has 5 heteroatoms. The number of nitrogens with zero attached hydrogens (tertiary/aromatic N) is 2. The molecule has 0 amide bonds. The molecule has 110 valence electrons. The number of carbonyl (C=O) groups is 1. The van der Waals surface area contributed by atoms with Gasteiger partial charge in [-0.2, -0.15) is 0 Å². The lowest BCUT2D eigenvalue weighted by Gasteiger charge is -2.27. The smallest absolute Gasteiger partial charge is 0.358 e. The summed E-state index contributed by atoms with van der Waals surface area (Å²) in [6.45, 7) is 3.09. The average molecular weight is 286 g/mol. The zero-order valence-electron chi connectivity index (χ0n) is 11.8. The van der Waals surface area contributed by atoms with Gasteiger partial charge in [-0.1, -0.05) is 35.8 Å². The van der Waals surface area contributed by atoms with Crippen LogP contribution >= 0.6 is 0 Å². The van der Waals surface area contributed by atoms with Crippen molar-refractivity contribution in [3.63, 3.8) is 0 Å². The maximum atomic E-state index is 10.9. The summed E-state index contributed by atoms with van der Waals surface area (Å²) >= 11 is 0. The standard InChI is InChI=1S/C16H18N2O3/c19-16(20)14-10-15(21-17-14)13-7-3-2-6-12(13)11-18-8-4-1-5-9-18/h2-3,6-7,10H,1,4-5,8-9,11H2,(H,19,20). The van der Waals surface area contributed by atoms with Crippen molar-refractivity contribution in [2.75, 3.05) is 13.1 Å². The first kappa shape index (κ1) is 13.8. The minimum absolute atomic E-state index is 0.0576. The quantitative estimate of drug-likeness (QED) is 0.935. The summed E-state index contributed by atoms with van der Waals surface area (Å²) in [6, 6.07) is 9.42. The van der Waals surface area contributed by atoms with E-state index in [4.69, 9.17) is 9.63 Å². The number of carboxylic acid groups (broad SMARTS) is 1. The lowest BCUT2D eigenvalue weighted by atomic mass is 10.0. The Morgan fingerprint density at radius 2 is 2.00 bits per heavy atom. The van der Waals surface area contributed by atoms with Gasteiger partial charge in [0.25, 0.3) is 0 Å². The number of hydrogen-bond acceptors (Lipinski definition) is 4. The molecule has 0 saturated carbocycles. The molecular weight excluding hydrogens is 268 g/mol. The Labute approximate surface area is 123 Å². The molecule has 2 aromatic rings. The number of rotatable bonds is 4. The lowest BCUT2D eigenvalue weighted by molar-refractivity contribution is 0.0686. The first-order valence-electron chi connectivity index (χ1n) is 7.24. The monoisotopic (exact) mass is 286 g/mol. The number of likely N-dealkylation sites (tertiary alicyclic amines) is 1. The van der Waals surface area contributed by atoms with Gasteiger partial charge in [0.1, 0.15) is 0 Å². The SMILES string of the molecule is O=C(O)c1cc(-c2ccccc2CN2CCCCC2)on1. The summed E-state index contributed by atoms with van der Waals surface area (Å²) in [5.74, 6) is -0.557. The van der Waals surface area contributed by atoms with Gasteiger partial charge < -0.3 is 9.63 Å². The van der Waals surface area contributed by atoms with E-state index in [9.17, 15) is 4.79 Å². The Hall–Kier alpha value is -2.14. The van der Waals surface area contributed by atoms with Crippen LogP contribution in [0.15, 0.2) is 34.9 Å². The van der Waals surface area contributed by atoms with Crippen molar-refractivity contribution in [1.29, 1.82) is 0 Å². The van der Waals surface area contributed by atoms with Gasteiger partial charge in [0.05, 0.1) is 0 Å². The Bertz CT molecular complexity index is 630. The second kappa shape index (κ2) is 6.10. The predicted molar refractivity (Wildman–Crippen MR) is 78.0 cm³/mol. The highest BCUT2D eigenvalue weighted by molar-refractivity contribution is 5.86. The van der Waals surface area contributed by atoms with Gasteiger partial charge in [-0.25, -0.2) is 4.79 Å². The number of aromatic carboxylic acids is 1. The summed E-state index contributed by atoms with van der Waals surface area (Å²) in [6.07, 6.45) is 3.80. The average Bonchev–Trinajstić information content (AvgIpc) is 2.99. The molecule has 1 N–H and O–H groups in total. The fourth-order valence-corrected chi connectivity index (χ4v) is 2.76. The Balaban J connectivity index is 1.85. The van der Waals surface area contributed by atoms with Crippen LogP contribution in [0.3, 0.4) is 0 Å². The van der Waals surface area contributed by atoms with Crippen LogP contribution in [0.25, 0.3) is 11.3 Å². The van der Waals surface area contributed by atoms with Gasteiger partial charge in [-0.15, -0.1) is 0 Å². The van der Waals surface area contributed by atoms with Crippen molar-refractivity contribution in [3.05, 3.63) is 41.6 Å². The molecule has 5 nitrogen and oxygen atoms in total. The molecule has 1 aliphatic rings. The zero-order valence-corrected chi connectivity index (χ0v) is 11.8. The third kappa shape index (κ3) is 3.13. The Morgan fingerprint density at radius 1 is 1.24 bits per heavy atom. The number of piperidine rings is 1. The minimum Gasteiger partial charge on any atom is -0.476 e. The molecule has 2 heterocycles. The van der Waals surface area contributed by atoms with Crippen molar-refractivity contribution in [2.24, 2.45) is 0 Å². The normalized spacial score (nSPS) is 16.0. The van der Waals surface area contributed by atoms with Gasteiger partial charge in [-0.05, 0) is 31.5 Å². The van der Waals surface area contributed by atoms with Crippen LogP contribution in [0.2, 0.25) is 0 Å². The molecule has 1 aliphatic heterocycles. The van der Waals surface area contributed by atoms with Gasteiger partial charge in [0.15, 0.2) is 11.5 Å². The van der Waals surface area contributed by atoms with Crippen molar-refractivity contribution in [3.8, 4) is 11.3 Å². The fourth-order valence-electron chi connectivity index (χ4n) is 2.76. The van der Waals surface area contributed by atoms with Crippen LogP contribution in [0.5, 0.6) is 0 Å². The van der Waals surface area contributed by atoms with Crippen LogP contribution in [0.1, 0.15) is 35.3 Å². The van der Waals surface area contributed by atoms with E-state index in [1.807, 2.05) is 18.2 Å². The Kier molecular flexibility index (Phi) is 4.01. The van der Waals surface area contributed by atoms with Crippen molar-refractivity contribution in [2.45, 2.75) is 25.8 Å². The number of aromatic nitrogens is 1. The summed E-state index contributed by atoms with van der Waals surface area (Å²) < 4.78 is 5.19. The van der Waals surface area contributed by atoms with Crippen LogP contribution < -0.4 is 0 Å². The highest BCUT2D eigenvalue weighted by Gasteiger charge is 2.17. The van der Waals surface area contributed by atoms with Gasteiger partial charge >= 0.3 is 5.97 Å². The second-order valence-electron chi connectivity index (χ2n) is 5.38.